The highest BCUT2D eigenvalue weighted by Crippen LogP contribution is 2.37. The first kappa shape index (κ1) is 40.2. The molecule has 0 aliphatic carbocycles. The predicted molar refractivity (Wildman–Crippen MR) is 205 cm³/mol. The van der Waals surface area contributed by atoms with Crippen LogP contribution in [0.3, 0.4) is 0 Å². The van der Waals surface area contributed by atoms with E-state index in [1.54, 1.807) is 35.2 Å². The van der Waals surface area contributed by atoms with Gasteiger partial charge in [0.25, 0.3) is 0 Å². The molecule has 6 rings (SSSR count). The molecule has 12 nitrogen and oxygen atoms in total. The van der Waals surface area contributed by atoms with Gasteiger partial charge >= 0.3 is 6.09 Å². The third kappa shape index (κ3) is 9.62. The van der Waals surface area contributed by atoms with Crippen LogP contribution in [-0.4, -0.2) is 73.2 Å². The number of hydrogen-bond donors (Lipinski definition) is 7. The molecule has 280 valence electrons. The fourth-order valence-corrected chi connectivity index (χ4v) is 6.79. The summed E-state index contributed by atoms with van der Waals surface area (Å²) in [5.41, 5.74) is 17.2. The van der Waals surface area contributed by atoms with Gasteiger partial charge in [0.1, 0.15) is 28.7 Å². The van der Waals surface area contributed by atoms with Gasteiger partial charge < -0.3 is 46.8 Å². The van der Waals surface area contributed by atoms with E-state index in [1.807, 2.05) is 51.1 Å². The van der Waals surface area contributed by atoms with E-state index < -0.39 is 5.60 Å². The van der Waals surface area contributed by atoms with Crippen LogP contribution in [0.15, 0.2) is 60.7 Å². The van der Waals surface area contributed by atoms with Crippen LogP contribution in [0.25, 0.3) is 22.5 Å². The second-order valence-corrected chi connectivity index (χ2v) is 14.1. The number of aromatic nitrogens is 2. The number of piperidine rings is 2. The highest BCUT2D eigenvalue weighted by molar-refractivity contribution is 5.85. The Morgan fingerprint density at radius 1 is 0.846 bits per heavy atom. The third-order valence-corrected chi connectivity index (χ3v) is 9.31. The molecule has 2 aliphatic rings. The number of pyridine rings is 2. The van der Waals surface area contributed by atoms with E-state index in [2.05, 4.69) is 15.3 Å². The molecule has 4 aromatic rings. The summed E-state index contributed by atoms with van der Waals surface area (Å²) in [4.78, 5) is 23.0. The van der Waals surface area contributed by atoms with Crippen molar-refractivity contribution in [1.82, 2.24) is 20.2 Å². The van der Waals surface area contributed by atoms with Crippen LogP contribution in [0.5, 0.6) is 11.5 Å². The highest BCUT2D eigenvalue weighted by Gasteiger charge is 2.30. The molecule has 2 aliphatic heterocycles. The van der Waals surface area contributed by atoms with Crippen molar-refractivity contribution < 1.29 is 30.0 Å². The summed E-state index contributed by atoms with van der Waals surface area (Å²) in [7, 11) is 0. The van der Waals surface area contributed by atoms with Crippen LogP contribution < -0.4 is 16.8 Å². The van der Waals surface area contributed by atoms with E-state index in [-0.39, 0.29) is 54.9 Å². The molecule has 0 saturated carbocycles. The first-order valence-corrected chi connectivity index (χ1v) is 17.5. The Morgan fingerprint density at radius 3 is 1.81 bits per heavy atom. The van der Waals surface area contributed by atoms with Crippen LogP contribution in [0, 0.1) is 0 Å². The van der Waals surface area contributed by atoms with Gasteiger partial charge in [0, 0.05) is 47.8 Å². The van der Waals surface area contributed by atoms with Crippen LogP contribution in [0.4, 0.5) is 16.4 Å². The minimum absolute atomic E-state index is 0. The topological polar surface area (TPSA) is 200 Å². The van der Waals surface area contributed by atoms with Gasteiger partial charge in [-0.3, -0.25) is 0 Å². The van der Waals surface area contributed by atoms with Gasteiger partial charge in [-0.15, -0.1) is 12.4 Å². The molecule has 2 aromatic carbocycles. The number of carbonyl (C=O) groups is 1. The molecule has 0 bridgehead atoms. The first-order valence-electron chi connectivity index (χ1n) is 17.5. The molecule has 52 heavy (non-hydrogen) atoms. The number of nitrogens with two attached hydrogens (primary N) is 2. The summed E-state index contributed by atoms with van der Waals surface area (Å²) in [5, 5.41) is 43.2. The van der Waals surface area contributed by atoms with Crippen molar-refractivity contribution in [1.29, 1.82) is 0 Å². The lowest BCUT2D eigenvalue weighted by Gasteiger charge is -2.35. The molecule has 2 saturated heterocycles. The van der Waals surface area contributed by atoms with Crippen molar-refractivity contribution in [2.45, 2.75) is 77.1 Å². The number of aromatic hydroxyl groups is 2. The lowest BCUT2D eigenvalue weighted by atomic mass is 9.87. The number of phenolic OH excluding ortho intramolecular Hbond substituents is 2. The Bertz CT molecular complexity index is 1830. The maximum absolute atomic E-state index is 12.5. The van der Waals surface area contributed by atoms with Crippen molar-refractivity contribution in [3.8, 4) is 34.0 Å². The van der Waals surface area contributed by atoms with Crippen LogP contribution in [0.2, 0.25) is 0 Å². The number of benzene rings is 2. The number of likely N-dealkylation sites (tertiary alicyclic amines) is 1. The molecule has 9 N–H and O–H groups in total. The fourth-order valence-electron chi connectivity index (χ4n) is 6.79. The number of aliphatic hydroxyl groups excluding tert-OH is 2. The van der Waals surface area contributed by atoms with Gasteiger partial charge in [0.15, 0.2) is 0 Å². The monoisotopic (exact) mass is 734 g/mol. The zero-order valence-corrected chi connectivity index (χ0v) is 30.8. The van der Waals surface area contributed by atoms with Gasteiger partial charge in [-0.05, 0) is 106 Å². The minimum atomic E-state index is -0.556. The lowest BCUT2D eigenvalue weighted by molar-refractivity contribution is 0.0198. The van der Waals surface area contributed by atoms with E-state index in [0.29, 0.717) is 58.5 Å². The van der Waals surface area contributed by atoms with E-state index in [0.717, 1.165) is 49.9 Å². The quantitative estimate of drug-likeness (QED) is 0.121. The summed E-state index contributed by atoms with van der Waals surface area (Å²) >= 11 is 0. The number of ether oxygens (including phenoxy) is 1. The van der Waals surface area contributed by atoms with Gasteiger partial charge in [-0.1, -0.05) is 24.3 Å². The van der Waals surface area contributed by atoms with Gasteiger partial charge in [-0.2, -0.15) is 0 Å². The normalized spacial score (nSPS) is 17.4. The smallest absolute Gasteiger partial charge is 0.410 e. The zero-order chi connectivity index (χ0) is 36.7. The summed E-state index contributed by atoms with van der Waals surface area (Å²) in [6, 6.07) is 17.8. The van der Waals surface area contributed by atoms with Crippen molar-refractivity contribution >= 4 is 30.1 Å². The third-order valence-electron chi connectivity index (χ3n) is 9.31. The molecule has 0 spiro atoms. The standard InChI is InChI=1S/C22H29N3O4.C17H21N3O2.ClH/c1-22(2,3)29-21(28)25-10-6-7-14(12-25)16-11-18(24-20(23)17(16)13-26)15-8-4-5-9-19(15)27;18-17-14(10-21)13(11-4-3-7-19-9-11)8-15(20-17)12-5-1-2-6-16(12)22;/h4-5,8-9,11,14,26-27H,6-7,10,12-13H2,1-3H3,(H2,23,24);1-2,5-6,8,11,19,21-22H,3-4,7,9-10H2,(H2,18,20);1H. The molecule has 2 atom stereocenters. The number of anilines is 2. The molecular weight excluding hydrogens is 684 g/mol. The van der Waals surface area contributed by atoms with Crippen molar-refractivity contribution in [2.24, 2.45) is 0 Å². The van der Waals surface area contributed by atoms with Gasteiger partial charge in [-0.25, -0.2) is 14.8 Å². The van der Waals surface area contributed by atoms with Crippen LogP contribution in [-0.2, 0) is 18.0 Å². The van der Waals surface area contributed by atoms with Gasteiger partial charge in [0.05, 0.1) is 24.6 Å². The number of aliphatic hydroxyl groups is 2. The molecule has 1 amide bonds. The highest BCUT2D eigenvalue weighted by atomic mass is 35.5. The number of halogens is 1. The minimum Gasteiger partial charge on any atom is -0.507 e. The van der Waals surface area contributed by atoms with E-state index in [9.17, 15) is 25.2 Å². The maximum Gasteiger partial charge on any atom is 0.410 e. The van der Waals surface area contributed by atoms with Crippen LogP contribution >= 0.6 is 12.4 Å². The molecule has 4 heterocycles. The van der Waals surface area contributed by atoms with Crippen LogP contribution in [0.1, 0.15) is 80.5 Å². The maximum atomic E-state index is 12.5. The van der Waals surface area contributed by atoms with E-state index in [4.69, 9.17) is 16.2 Å². The van der Waals surface area contributed by atoms with Crippen molar-refractivity contribution in [2.75, 3.05) is 37.6 Å². The number of nitrogen functional groups attached to an aromatic ring is 2. The van der Waals surface area contributed by atoms with Crippen molar-refractivity contribution in [3.05, 3.63) is 82.9 Å². The average molecular weight is 735 g/mol. The Kier molecular flexibility index (Phi) is 13.7. The number of rotatable bonds is 6. The Labute approximate surface area is 311 Å². The SMILES string of the molecule is CC(C)(C)OC(=O)N1CCCC(c2cc(-c3ccccc3O)nc(N)c2CO)C1.Cl.Nc1nc(-c2ccccc2O)cc(C2CCCNC2)c1CO. The second-order valence-electron chi connectivity index (χ2n) is 14.1. The number of nitrogens with one attached hydrogen (secondary N) is 1. The zero-order valence-electron chi connectivity index (χ0n) is 30.0. The largest absolute Gasteiger partial charge is 0.507 e. The molecule has 2 unspecified atom stereocenters. The summed E-state index contributed by atoms with van der Waals surface area (Å²) < 4.78 is 5.52. The van der Waals surface area contributed by atoms with Crippen molar-refractivity contribution in [3.63, 3.8) is 0 Å². The summed E-state index contributed by atoms with van der Waals surface area (Å²) in [5.74, 6) is 1.17. The molecule has 13 heteroatoms. The molecule has 0 radical (unpaired) electrons. The molecular formula is C39H51ClN6O6. The molecule has 2 fully saturated rings. The summed E-state index contributed by atoms with van der Waals surface area (Å²) in [6.07, 6.45) is 3.50. The number of hydrogen-bond acceptors (Lipinski definition) is 11. The summed E-state index contributed by atoms with van der Waals surface area (Å²) in [6.45, 7) is 8.19. The molecule has 2 aromatic heterocycles. The van der Waals surface area contributed by atoms with E-state index in [1.165, 1.54) is 0 Å². The fraction of sp³-hybridized carbons (Fsp3) is 0.410. The Hall–Kier alpha value is -4.62. The average Bonchev–Trinajstić information content (AvgIpc) is 3.11. The second kappa shape index (κ2) is 17.7. The first-order chi connectivity index (χ1) is 24.4. The predicted octanol–water partition coefficient (Wildman–Crippen LogP) is 6.06. The number of nitrogens with zero attached hydrogens (tertiary/aromatic N) is 3. The number of carbonyl (C=O) groups excluding carboxylic acids is 1. The Morgan fingerprint density at radius 2 is 1.35 bits per heavy atom. The lowest BCUT2D eigenvalue weighted by Crippen LogP contribution is -2.42. The number of phenols is 2. The van der Waals surface area contributed by atoms with E-state index >= 15 is 0 Å². The number of para-hydroxylation sites is 2. The Balaban J connectivity index is 0.000000236. The number of amides is 1. The van der Waals surface area contributed by atoms with Gasteiger partial charge in [0.2, 0.25) is 0 Å².